The van der Waals surface area contributed by atoms with Crippen LogP contribution in [0.1, 0.15) is 31.9 Å². The number of fused-ring (bicyclic) bond motifs is 1. The molecule has 7 heteroatoms. The third-order valence-electron chi connectivity index (χ3n) is 6.25. The van der Waals surface area contributed by atoms with Crippen molar-refractivity contribution in [3.63, 3.8) is 0 Å². The second-order valence-electron chi connectivity index (χ2n) is 8.65. The Morgan fingerprint density at radius 3 is 2.35 bits per heavy atom. The van der Waals surface area contributed by atoms with Gasteiger partial charge < -0.3 is 10.2 Å². The van der Waals surface area contributed by atoms with Crippen LogP contribution in [0.15, 0.2) is 60.3 Å². The molecule has 0 bridgehead atoms. The lowest BCUT2D eigenvalue weighted by Gasteiger charge is -2.24. The summed E-state index contributed by atoms with van der Waals surface area (Å²) < 4.78 is 0. The van der Waals surface area contributed by atoms with E-state index in [-0.39, 0.29) is 17.7 Å². The minimum absolute atomic E-state index is 0.313. The van der Waals surface area contributed by atoms with Crippen molar-refractivity contribution in [2.75, 3.05) is 18.5 Å². The predicted molar refractivity (Wildman–Crippen MR) is 120 cm³/mol. The van der Waals surface area contributed by atoms with Gasteiger partial charge in [-0.3, -0.25) is 14.5 Å². The maximum absolute atomic E-state index is 13.1. The summed E-state index contributed by atoms with van der Waals surface area (Å²) in [5.41, 5.74) is 1.99. The third-order valence-corrected chi connectivity index (χ3v) is 6.50. The van der Waals surface area contributed by atoms with Crippen molar-refractivity contribution >= 4 is 35.0 Å². The Morgan fingerprint density at radius 1 is 1.06 bits per heavy atom. The Balaban J connectivity index is 1.57. The fourth-order valence-electron chi connectivity index (χ4n) is 4.43. The van der Waals surface area contributed by atoms with Crippen LogP contribution in [-0.4, -0.2) is 36.2 Å². The zero-order valence-corrected chi connectivity index (χ0v) is 18.7. The molecule has 2 aromatic rings. The molecule has 1 atom stereocenters. The molecule has 1 fully saturated rings. The molecule has 4 rings (SSSR count). The van der Waals surface area contributed by atoms with Crippen molar-refractivity contribution < 1.29 is 14.4 Å². The maximum atomic E-state index is 13.1. The molecule has 0 radical (unpaired) electrons. The van der Waals surface area contributed by atoms with Crippen LogP contribution < -0.4 is 10.2 Å². The van der Waals surface area contributed by atoms with E-state index in [0.717, 1.165) is 21.8 Å². The van der Waals surface area contributed by atoms with Gasteiger partial charge in [0.05, 0.1) is 6.54 Å². The van der Waals surface area contributed by atoms with Crippen molar-refractivity contribution in [3.8, 4) is 0 Å². The minimum atomic E-state index is -1.24. The lowest BCUT2D eigenvalue weighted by Crippen LogP contribution is -2.41. The first-order chi connectivity index (χ1) is 14.6. The molecule has 2 aliphatic heterocycles. The highest BCUT2D eigenvalue weighted by Gasteiger charge is 2.49. The quantitative estimate of drug-likeness (QED) is 0.580. The molecule has 0 aromatic heterocycles. The zero-order chi connectivity index (χ0) is 22.6. The number of ketones is 1. The Kier molecular flexibility index (Phi) is 4.93. The largest absolute Gasteiger partial charge is 0.347 e. The summed E-state index contributed by atoms with van der Waals surface area (Å²) in [6.45, 7) is 5.42. The molecular formula is C24H24ClN3O3. The smallest absolute Gasteiger partial charge is 0.325 e. The second-order valence-corrected chi connectivity index (χ2v) is 9.09. The van der Waals surface area contributed by atoms with Crippen molar-refractivity contribution in [2.45, 2.75) is 31.7 Å². The maximum Gasteiger partial charge on any atom is 0.325 e. The number of hydrogen-bond donors (Lipinski definition) is 1. The number of benzene rings is 2. The highest BCUT2D eigenvalue weighted by molar-refractivity contribution is 6.30. The van der Waals surface area contributed by atoms with E-state index in [0.29, 0.717) is 10.6 Å². The number of rotatable bonds is 4. The first-order valence-corrected chi connectivity index (χ1v) is 10.4. The van der Waals surface area contributed by atoms with Gasteiger partial charge in [-0.2, -0.15) is 0 Å². The molecule has 6 nitrogen and oxygen atoms in total. The number of likely N-dealkylation sites (N-methyl/N-ethyl adjacent to an activating group) is 1. The molecule has 31 heavy (non-hydrogen) atoms. The average Bonchev–Trinajstić information content (AvgIpc) is 3.06. The van der Waals surface area contributed by atoms with Crippen molar-refractivity contribution in [2.24, 2.45) is 0 Å². The van der Waals surface area contributed by atoms with Gasteiger partial charge in [-0.15, -0.1) is 0 Å². The van der Waals surface area contributed by atoms with Crippen LogP contribution in [-0.2, 0) is 20.5 Å². The van der Waals surface area contributed by atoms with Gasteiger partial charge in [0.1, 0.15) is 5.54 Å². The number of urea groups is 1. The lowest BCUT2D eigenvalue weighted by atomic mass is 9.83. The van der Waals surface area contributed by atoms with E-state index in [1.165, 1.54) is 0 Å². The number of imide groups is 1. The van der Waals surface area contributed by atoms with Crippen LogP contribution in [0.5, 0.6) is 0 Å². The summed E-state index contributed by atoms with van der Waals surface area (Å²) in [5, 5.41) is 3.25. The third kappa shape index (κ3) is 3.31. The molecule has 0 saturated carbocycles. The Bertz CT molecular complexity index is 1120. The van der Waals surface area contributed by atoms with Crippen molar-refractivity contribution in [3.05, 3.63) is 76.5 Å². The number of allylic oxidation sites excluding steroid dienone is 1. The molecule has 160 valence electrons. The Hall–Kier alpha value is -3.12. The van der Waals surface area contributed by atoms with E-state index in [1.54, 1.807) is 37.3 Å². The van der Waals surface area contributed by atoms with Crippen molar-refractivity contribution in [1.82, 2.24) is 10.2 Å². The minimum Gasteiger partial charge on any atom is -0.347 e. The van der Waals surface area contributed by atoms with Gasteiger partial charge >= 0.3 is 6.03 Å². The van der Waals surface area contributed by atoms with E-state index >= 15 is 0 Å². The number of carbonyl (C=O) groups is 3. The normalized spacial score (nSPS) is 23.3. The highest BCUT2D eigenvalue weighted by Crippen LogP contribution is 2.46. The molecule has 1 saturated heterocycles. The number of nitrogens with zero attached hydrogens (tertiary/aromatic N) is 2. The van der Waals surface area contributed by atoms with Crippen molar-refractivity contribution in [1.29, 1.82) is 0 Å². The summed E-state index contributed by atoms with van der Waals surface area (Å²) in [4.78, 5) is 41.5. The first-order valence-electron chi connectivity index (χ1n) is 10.0. The second kappa shape index (κ2) is 7.24. The van der Waals surface area contributed by atoms with E-state index in [2.05, 4.69) is 19.2 Å². The summed E-state index contributed by atoms with van der Waals surface area (Å²) in [6, 6.07) is 14.1. The van der Waals surface area contributed by atoms with E-state index in [9.17, 15) is 14.4 Å². The molecule has 0 spiro atoms. The SMILES string of the molecule is CN1/C(=C\C(=O)CN2C(=O)N[C@](C)(c3ccc(Cl)cc3)C2=O)C(C)(C)c2ccccc21. The van der Waals surface area contributed by atoms with Crippen LogP contribution in [0, 0.1) is 0 Å². The standard InChI is InChI=1S/C24H24ClN3O3/c1-23(2)18-7-5-6-8-19(18)27(4)20(23)13-17(29)14-28-21(30)24(3,26-22(28)31)15-9-11-16(25)12-10-15/h5-13H,14H2,1-4H3,(H,26,31)/b20-13-/t24-/m1/s1. The van der Waals surface area contributed by atoms with Gasteiger partial charge in [0.15, 0.2) is 5.78 Å². The van der Waals surface area contributed by atoms with Gasteiger partial charge in [-0.05, 0) is 36.2 Å². The monoisotopic (exact) mass is 437 g/mol. The molecular weight excluding hydrogens is 414 g/mol. The molecule has 2 aromatic carbocycles. The number of anilines is 1. The number of hydrogen-bond acceptors (Lipinski definition) is 4. The number of para-hydroxylation sites is 1. The summed E-state index contributed by atoms with van der Waals surface area (Å²) in [5.74, 6) is -0.777. The molecule has 3 amide bonds. The fraction of sp³-hybridized carbons (Fsp3) is 0.292. The lowest BCUT2D eigenvalue weighted by molar-refractivity contribution is -0.133. The van der Waals surface area contributed by atoms with Crippen LogP contribution in [0.2, 0.25) is 5.02 Å². The zero-order valence-electron chi connectivity index (χ0n) is 17.9. The Morgan fingerprint density at radius 2 is 1.71 bits per heavy atom. The molecule has 0 unspecified atom stereocenters. The van der Waals surface area contributed by atoms with E-state index in [1.807, 2.05) is 36.2 Å². The first kappa shape index (κ1) is 21.1. The summed E-state index contributed by atoms with van der Waals surface area (Å²) in [7, 11) is 1.91. The van der Waals surface area contributed by atoms with Gasteiger partial charge in [-0.25, -0.2) is 4.79 Å². The number of nitrogens with one attached hydrogen (secondary N) is 1. The average molecular weight is 438 g/mol. The van der Waals surface area contributed by atoms with Crippen LogP contribution in [0.25, 0.3) is 0 Å². The van der Waals surface area contributed by atoms with E-state index in [4.69, 9.17) is 11.6 Å². The topological polar surface area (TPSA) is 69.7 Å². The summed E-state index contributed by atoms with van der Waals surface area (Å²) in [6.07, 6.45) is 1.54. The number of amides is 3. The predicted octanol–water partition coefficient (Wildman–Crippen LogP) is 3.99. The number of halogens is 1. The van der Waals surface area contributed by atoms with Gasteiger partial charge in [0, 0.05) is 34.9 Å². The van der Waals surface area contributed by atoms with Gasteiger partial charge in [0.2, 0.25) is 0 Å². The molecule has 2 aliphatic rings. The van der Waals surface area contributed by atoms with Crippen LogP contribution >= 0.6 is 11.6 Å². The van der Waals surface area contributed by atoms with Crippen LogP contribution in [0.3, 0.4) is 0 Å². The Labute approximate surface area is 186 Å². The van der Waals surface area contributed by atoms with Gasteiger partial charge in [0.25, 0.3) is 5.91 Å². The molecule has 0 aliphatic carbocycles. The molecule has 1 N–H and O–H groups in total. The number of carbonyl (C=O) groups excluding carboxylic acids is 3. The molecule has 2 heterocycles. The summed E-state index contributed by atoms with van der Waals surface area (Å²) >= 11 is 5.94. The highest BCUT2D eigenvalue weighted by atomic mass is 35.5. The van der Waals surface area contributed by atoms with Gasteiger partial charge in [-0.1, -0.05) is 55.8 Å². The van der Waals surface area contributed by atoms with E-state index < -0.39 is 17.5 Å². The fourth-order valence-corrected chi connectivity index (χ4v) is 4.56. The van der Waals surface area contributed by atoms with Crippen LogP contribution in [0.4, 0.5) is 10.5 Å².